The highest BCUT2D eigenvalue weighted by atomic mass is 16.6. The van der Waals surface area contributed by atoms with Crippen LogP contribution in [0.3, 0.4) is 0 Å². The lowest BCUT2D eigenvalue weighted by Crippen LogP contribution is -2.56. The van der Waals surface area contributed by atoms with Crippen LogP contribution < -0.4 is 20.7 Å². The average Bonchev–Trinajstić information content (AvgIpc) is 3.74. The van der Waals surface area contributed by atoms with E-state index in [9.17, 15) is 19.2 Å². The van der Waals surface area contributed by atoms with Gasteiger partial charge in [0.25, 0.3) is 0 Å². The molecule has 11 heteroatoms. The van der Waals surface area contributed by atoms with Crippen molar-refractivity contribution in [3.63, 3.8) is 0 Å². The van der Waals surface area contributed by atoms with Crippen LogP contribution in [0.1, 0.15) is 18.1 Å². The van der Waals surface area contributed by atoms with Crippen molar-refractivity contribution < 1.29 is 33.4 Å². The lowest BCUT2D eigenvalue weighted by Gasteiger charge is -2.26. The minimum absolute atomic E-state index is 0.163. The minimum Gasteiger partial charge on any atom is -0.497 e. The molecular formula is C30H38N4O7. The van der Waals surface area contributed by atoms with Gasteiger partial charge in [0.05, 0.1) is 46.1 Å². The Bertz CT molecular complexity index is 1200. The second-order valence-corrected chi connectivity index (χ2v) is 10.5. The van der Waals surface area contributed by atoms with Gasteiger partial charge in [0.15, 0.2) is 5.78 Å². The molecule has 2 aromatic carbocycles. The zero-order valence-corrected chi connectivity index (χ0v) is 23.5. The topological polar surface area (TPSA) is 139 Å². The van der Waals surface area contributed by atoms with Crippen molar-refractivity contribution in [1.29, 1.82) is 0 Å². The van der Waals surface area contributed by atoms with E-state index < -0.39 is 29.5 Å². The van der Waals surface area contributed by atoms with Crippen LogP contribution in [0, 0.1) is 0 Å². The summed E-state index contributed by atoms with van der Waals surface area (Å²) in [5.74, 6) is -0.873. The Morgan fingerprint density at radius 1 is 0.902 bits per heavy atom. The molecule has 11 nitrogen and oxygen atoms in total. The predicted octanol–water partition coefficient (Wildman–Crippen LogP) is 0.256. The normalized spacial score (nSPS) is 19.9. The molecule has 0 aromatic heterocycles. The summed E-state index contributed by atoms with van der Waals surface area (Å²) < 4.78 is 15.9. The van der Waals surface area contributed by atoms with Crippen molar-refractivity contribution in [2.75, 3.05) is 53.1 Å². The van der Waals surface area contributed by atoms with Crippen LogP contribution in [0.5, 0.6) is 5.75 Å². The maximum Gasteiger partial charge on any atom is 0.243 e. The summed E-state index contributed by atoms with van der Waals surface area (Å²) in [6, 6.07) is 14.7. The molecule has 0 spiro atoms. The lowest BCUT2D eigenvalue weighted by molar-refractivity contribution is -0.133. The van der Waals surface area contributed by atoms with Crippen LogP contribution in [0.25, 0.3) is 0 Å². The first-order chi connectivity index (χ1) is 19.8. The number of carbonyl (C=O) groups excluding carboxylic acids is 4. The zero-order valence-electron chi connectivity index (χ0n) is 23.5. The Balaban J connectivity index is 1.43. The van der Waals surface area contributed by atoms with E-state index in [0.717, 1.165) is 11.1 Å². The van der Waals surface area contributed by atoms with E-state index in [-0.39, 0.29) is 37.6 Å². The van der Waals surface area contributed by atoms with Crippen molar-refractivity contribution in [3.05, 3.63) is 65.7 Å². The van der Waals surface area contributed by atoms with Gasteiger partial charge in [-0.05, 0) is 36.6 Å². The zero-order chi connectivity index (χ0) is 29.2. The van der Waals surface area contributed by atoms with Crippen molar-refractivity contribution in [1.82, 2.24) is 20.9 Å². The predicted molar refractivity (Wildman–Crippen MR) is 150 cm³/mol. The van der Waals surface area contributed by atoms with Gasteiger partial charge in [0.2, 0.25) is 17.7 Å². The fourth-order valence-electron chi connectivity index (χ4n) is 4.60. The third-order valence-electron chi connectivity index (χ3n) is 7.18. The number of carbonyl (C=O) groups is 4. The largest absolute Gasteiger partial charge is 0.497 e. The molecule has 0 unspecified atom stereocenters. The molecule has 4 rings (SSSR count). The summed E-state index contributed by atoms with van der Waals surface area (Å²) in [6.45, 7) is 4.31. The number of ether oxygens (including phenoxy) is 3. The van der Waals surface area contributed by atoms with E-state index in [1.165, 1.54) is 0 Å². The highest BCUT2D eigenvalue weighted by Gasteiger charge is 2.50. The maximum absolute atomic E-state index is 13.6. The molecule has 2 heterocycles. The Labute approximate surface area is 239 Å². The number of methoxy groups -OCH3 is 1. The quantitative estimate of drug-likeness (QED) is 0.277. The first-order valence-corrected chi connectivity index (χ1v) is 13.8. The van der Waals surface area contributed by atoms with E-state index in [0.29, 0.717) is 38.7 Å². The third-order valence-corrected chi connectivity index (χ3v) is 7.18. The monoisotopic (exact) mass is 566 g/mol. The first-order valence-electron chi connectivity index (χ1n) is 13.8. The molecule has 0 aliphatic carbocycles. The van der Waals surface area contributed by atoms with E-state index in [1.54, 1.807) is 38.3 Å². The van der Waals surface area contributed by atoms with Crippen molar-refractivity contribution >= 4 is 23.5 Å². The van der Waals surface area contributed by atoms with Gasteiger partial charge in [0, 0.05) is 19.5 Å². The van der Waals surface area contributed by atoms with Crippen LogP contribution in [-0.4, -0.2) is 99.2 Å². The molecule has 0 saturated carbocycles. The number of rotatable bonds is 14. The highest BCUT2D eigenvalue weighted by Crippen LogP contribution is 2.29. The van der Waals surface area contributed by atoms with Crippen LogP contribution in [0.2, 0.25) is 0 Å². The molecule has 2 saturated heterocycles. The van der Waals surface area contributed by atoms with Gasteiger partial charge in [0.1, 0.15) is 17.4 Å². The molecule has 2 fully saturated rings. The SMILES string of the molecule is COc1ccc(C[C@H](NC(=O)CNC(=O)CN2CCOCC2)C(=O)N[C@@H](Cc2ccccc2)C(=O)[C@]2(C)CO2)cc1. The summed E-state index contributed by atoms with van der Waals surface area (Å²) in [5, 5.41) is 8.23. The van der Waals surface area contributed by atoms with Crippen molar-refractivity contribution in [3.8, 4) is 5.75 Å². The van der Waals surface area contributed by atoms with E-state index >= 15 is 0 Å². The molecule has 2 aliphatic heterocycles. The third kappa shape index (κ3) is 9.10. The molecule has 2 aliphatic rings. The van der Waals surface area contributed by atoms with E-state index in [4.69, 9.17) is 14.2 Å². The number of amides is 3. The Hall–Kier alpha value is -3.80. The van der Waals surface area contributed by atoms with Crippen LogP contribution in [0.15, 0.2) is 54.6 Å². The van der Waals surface area contributed by atoms with Crippen molar-refractivity contribution in [2.24, 2.45) is 0 Å². The van der Waals surface area contributed by atoms with Gasteiger partial charge in [-0.25, -0.2) is 0 Å². The second kappa shape index (κ2) is 14.2. The minimum atomic E-state index is -0.994. The maximum atomic E-state index is 13.6. The molecule has 3 atom stereocenters. The van der Waals surface area contributed by atoms with Gasteiger partial charge in [-0.3, -0.25) is 24.1 Å². The van der Waals surface area contributed by atoms with Crippen LogP contribution in [0.4, 0.5) is 0 Å². The molecule has 0 radical (unpaired) electrons. The standard InChI is InChI=1S/C30H38N4O7/c1-30(20-41-30)28(37)24(16-21-6-4-3-5-7-21)33-29(38)25(17-22-8-10-23(39-2)11-9-22)32-26(35)18-31-27(36)19-34-12-14-40-15-13-34/h3-11,24-25H,12-20H2,1-2H3,(H,31,36)(H,32,35)(H,33,38)/t24-,25-,30-/m0/s1. The number of epoxide rings is 1. The van der Waals surface area contributed by atoms with Gasteiger partial charge < -0.3 is 30.2 Å². The van der Waals surface area contributed by atoms with Gasteiger partial charge in [-0.1, -0.05) is 42.5 Å². The number of nitrogens with one attached hydrogen (secondary N) is 3. The second-order valence-electron chi connectivity index (χ2n) is 10.5. The molecule has 3 amide bonds. The molecular weight excluding hydrogens is 528 g/mol. The summed E-state index contributed by atoms with van der Waals surface area (Å²) in [7, 11) is 1.56. The molecule has 0 bridgehead atoms. The molecule has 2 aromatic rings. The Morgan fingerprint density at radius 3 is 2.17 bits per heavy atom. The Kier molecular flexibility index (Phi) is 10.4. The average molecular weight is 567 g/mol. The fraction of sp³-hybridized carbons (Fsp3) is 0.467. The van der Waals surface area contributed by atoms with Gasteiger partial charge in [-0.2, -0.15) is 0 Å². The molecule has 41 heavy (non-hydrogen) atoms. The Morgan fingerprint density at radius 2 is 1.54 bits per heavy atom. The van der Waals surface area contributed by atoms with E-state index in [2.05, 4.69) is 16.0 Å². The summed E-state index contributed by atoms with van der Waals surface area (Å²) >= 11 is 0. The first kappa shape index (κ1) is 30.2. The number of benzene rings is 2. The number of ketones is 1. The smallest absolute Gasteiger partial charge is 0.243 e. The summed E-state index contributed by atoms with van der Waals surface area (Å²) in [6.07, 6.45) is 0.453. The van der Waals surface area contributed by atoms with Gasteiger partial charge in [-0.15, -0.1) is 0 Å². The lowest BCUT2D eigenvalue weighted by atomic mass is 9.94. The van der Waals surface area contributed by atoms with Crippen LogP contribution in [-0.2, 0) is 41.5 Å². The number of nitrogens with zero attached hydrogens (tertiary/aromatic N) is 1. The number of morpholine rings is 1. The highest BCUT2D eigenvalue weighted by molar-refractivity contribution is 5.98. The van der Waals surface area contributed by atoms with Crippen LogP contribution >= 0.6 is 0 Å². The fourth-order valence-corrected chi connectivity index (χ4v) is 4.60. The summed E-state index contributed by atoms with van der Waals surface area (Å²) in [5.41, 5.74) is 0.729. The van der Waals surface area contributed by atoms with Gasteiger partial charge >= 0.3 is 0 Å². The molecule has 3 N–H and O–H groups in total. The number of hydrogen-bond acceptors (Lipinski definition) is 8. The summed E-state index contributed by atoms with van der Waals surface area (Å²) in [4.78, 5) is 54.1. The van der Waals surface area contributed by atoms with Crippen molar-refractivity contribution in [2.45, 2.75) is 37.5 Å². The molecule has 220 valence electrons. The van der Waals surface area contributed by atoms with E-state index in [1.807, 2.05) is 35.2 Å². The number of Topliss-reactive ketones (excluding diaryl/α,β-unsaturated/α-hetero) is 1. The number of hydrogen-bond donors (Lipinski definition) is 3.